The Balaban J connectivity index is 2.29. The molecule has 0 atom stereocenters. The van der Waals surface area contributed by atoms with Crippen LogP contribution in [0.1, 0.15) is 6.92 Å². The molecule has 1 aliphatic heterocycles. The second-order valence-electron chi connectivity index (χ2n) is 2.45. The van der Waals surface area contributed by atoms with Gasteiger partial charge >= 0.3 is 0 Å². The van der Waals surface area contributed by atoms with Gasteiger partial charge < -0.3 is 4.74 Å². The lowest BCUT2D eigenvalue weighted by Crippen LogP contribution is -2.42. The molecule has 7 heavy (non-hydrogen) atoms. The molecule has 41 valence electrons. The van der Waals surface area contributed by atoms with Gasteiger partial charge in [-0.1, -0.05) is 6.92 Å². The van der Waals surface area contributed by atoms with Crippen LogP contribution in [-0.2, 0) is 9.84 Å². The van der Waals surface area contributed by atoms with E-state index >= 15 is 0 Å². The lowest BCUT2D eigenvalue weighted by Gasteiger charge is -2.35. The van der Waals surface area contributed by atoms with E-state index in [4.69, 9.17) is 4.74 Å². The average Bonchev–Trinajstić information content (AvgIpc) is 1.61. The fraction of sp³-hybridized carbons (Fsp3) is 1.00. The molecule has 2 heteroatoms. The topological polar surface area (TPSA) is 29.1 Å². The minimum atomic E-state index is -0.0139. The van der Waals surface area contributed by atoms with Crippen LogP contribution in [0.15, 0.2) is 0 Å². The van der Waals surface area contributed by atoms with E-state index in [-0.39, 0.29) is 12.0 Å². The predicted molar refractivity (Wildman–Crippen MR) is 24.5 cm³/mol. The number of hydrogen-bond donors (Lipinski definition) is 0. The van der Waals surface area contributed by atoms with Crippen LogP contribution < -0.4 is 0 Å². The van der Waals surface area contributed by atoms with Gasteiger partial charge in [0.1, 0.15) is 0 Å². The van der Waals surface area contributed by atoms with E-state index in [2.05, 4.69) is 0 Å². The summed E-state index contributed by atoms with van der Waals surface area (Å²) in [6.07, 6.45) is 0. The molecular formula is C5H9O2. The van der Waals surface area contributed by atoms with E-state index in [0.29, 0.717) is 13.2 Å². The summed E-state index contributed by atoms with van der Waals surface area (Å²) in [5, 5.41) is 10.2. The maximum atomic E-state index is 10.2. The second-order valence-corrected chi connectivity index (χ2v) is 2.45. The molecule has 0 aromatic rings. The first kappa shape index (κ1) is 5.06. The van der Waals surface area contributed by atoms with E-state index in [1.165, 1.54) is 0 Å². The third-order valence-electron chi connectivity index (χ3n) is 1.25. The van der Waals surface area contributed by atoms with Gasteiger partial charge in [-0.05, 0) is 0 Å². The molecule has 0 aromatic heterocycles. The molecule has 1 saturated heterocycles. The summed E-state index contributed by atoms with van der Waals surface area (Å²) < 4.78 is 4.83. The van der Waals surface area contributed by atoms with Crippen molar-refractivity contribution in [2.75, 3.05) is 19.8 Å². The third-order valence-corrected chi connectivity index (χ3v) is 1.25. The van der Waals surface area contributed by atoms with Crippen molar-refractivity contribution in [1.29, 1.82) is 0 Å². The zero-order valence-corrected chi connectivity index (χ0v) is 4.44. The van der Waals surface area contributed by atoms with E-state index < -0.39 is 0 Å². The molecule has 1 aliphatic rings. The van der Waals surface area contributed by atoms with Gasteiger partial charge in [0.2, 0.25) is 0 Å². The van der Waals surface area contributed by atoms with Gasteiger partial charge in [-0.3, -0.25) is 0 Å². The summed E-state index contributed by atoms with van der Waals surface area (Å²) in [4.78, 5) is 0. The van der Waals surface area contributed by atoms with Crippen molar-refractivity contribution >= 4 is 0 Å². The Kier molecular flexibility index (Phi) is 1.05. The van der Waals surface area contributed by atoms with Crippen molar-refractivity contribution < 1.29 is 9.84 Å². The van der Waals surface area contributed by atoms with Crippen molar-refractivity contribution in [1.82, 2.24) is 0 Å². The van der Waals surface area contributed by atoms with Crippen LogP contribution >= 0.6 is 0 Å². The molecule has 0 unspecified atom stereocenters. The first-order valence-electron chi connectivity index (χ1n) is 2.43. The SMILES string of the molecule is CC1(C[O])COC1. The summed E-state index contributed by atoms with van der Waals surface area (Å²) in [6, 6.07) is 0. The lowest BCUT2D eigenvalue weighted by molar-refractivity contribution is -0.136. The molecule has 1 radical (unpaired) electrons. The van der Waals surface area contributed by atoms with Crippen LogP contribution in [0.25, 0.3) is 0 Å². The van der Waals surface area contributed by atoms with E-state index in [9.17, 15) is 5.11 Å². The minimum Gasteiger partial charge on any atom is -0.380 e. The summed E-state index contributed by atoms with van der Waals surface area (Å²) in [5.41, 5.74) is -0.0139. The molecule has 0 N–H and O–H groups in total. The summed E-state index contributed by atoms with van der Waals surface area (Å²) >= 11 is 0. The molecular weight excluding hydrogens is 92.1 g/mol. The molecule has 0 saturated carbocycles. The smallest absolute Gasteiger partial charge is 0.0920 e. The Morgan fingerprint density at radius 3 is 2.29 bits per heavy atom. The van der Waals surface area contributed by atoms with Crippen LogP contribution in [0.3, 0.4) is 0 Å². The Hall–Kier alpha value is -0.0800. The highest BCUT2D eigenvalue weighted by Crippen LogP contribution is 2.24. The van der Waals surface area contributed by atoms with Crippen LogP contribution in [0, 0.1) is 5.41 Å². The van der Waals surface area contributed by atoms with Crippen molar-refractivity contribution in [2.45, 2.75) is 6.92 Å². The monoisotopic (exact) mass is 101 g/mol. The van der Waals surface area contributed by atoms with Gasteiger partial charge in [-0.15, -0.1) is 0 Å². The molecule has 0 spiro atoms. The highest BCUT2D eigenvalue weighted by atomic mass is 16.5. The maximum absolute atomic E-state index is 10.2. The van der Waals surface area contributed by atoms with Crippen LogP contribution in [-0.4, -0.2) is 19.8 Å². The lowest BCUT2D eigenvalue weighted by atomic mass is 9.90. The van der Waals surface area contributed by atoms with Crippen molar-refractivity contribution in [2.24, 2.45) is 5.41 Å². The fourth-order valence-electron chi connectivity index (χ4n) is 0.534. The first-order valence-corrected chi connectivity index (χ1v) is 2.43. The molecule has 0 aromatic carbocycles. The molecule has 0 amide bonds. The van der Waals surface area contributed by atoms with Gasteiger partial charge in [0, 0.05) is 5.41 Å². The summed E-state index contributed by atoms with van der Waals surface area (Å²) in [6.45, 7) is 3.28. The van der Waals surface area contributed by atoms with E-state index in [0.717, 1.165) is 0 Å². The van der Waals surface area contributed by atoms with Crippen molar-refractivity contribution in [3.05, 3.63) is 0 Å². The van der Waals surface area contributed by atoms with Crippen LogP contribution in [0.2, 0.25) is 0 Å². The predicted octanol–water partition coefficient (Wildman–Crippen LogP) is 0.453. The highest BCUT2D eigenvalue weighted by molar-refractivity contribution is 4.78. The fourth-order valence-corrected chi connectivity index (χ4v) is 0.534. The zero-order valence-electron chi connectivity index (χ0n) is 4.44. The molecule has 2 nitrogen and oxygen atoms in total. The van der Waals surface area contributed by atoms with Gasteiger partial charge in [0.15, 0.2) is 0 Å². The standard InChI is InChI=1S/C5H9O2/c1-5(2-6)3-7-4-5/h2-4H2,1H3. The Morgan fingerprint density at radius 2 is 2.29 bits per heavy atom. The van der Waals surface area contributed by atoms with E-state index in [1.54, 1.807) is 0 Å². The van der Waals surface area contributed by atoms with Crippen LogP contribution in [0.5, 0.6) is 0 Å². The average molecular weight is 101 g/mol. The largest absolute Gasteiger partial charge is 0.380 e. The Bertz CT molecular complexity index is 61.0. The maximum Gasteiger partial charge on any atom is 0.0920 e. The summed E-state index contributed by atoms with van der Waals surface area (Å²) in [5.74, 6) is 0. The second kappa shape index (κ2) is 1.46. The van der Waals surface area contributed by atoms with Crippen molar-refractivity contribution in [3.8, 4) is 0 Å². The van der Waals surface area contributed by atoms with E-state index in [1.807, 2.05) is 6.92 Å². The molecule has 1 rings (SSSR count). The molecule has 0 bridgehead atoms. The number of ether oxygens (including phenoxy) is 1. The van der Waals surface area contributed by atoms with Gasteiger partial charge in [-0.2, -0.15) is 0 Å². The molecule has 1 fully saturated rings. The summed E-state index contributed by atoms with van der Waals surface area (Å²) in [7, 11) is 0. The normalized spacial score (nSPS) is 26.6. The van der Waals surface area contributed by atoms with Gasteiger partial charge in [0.05, 0.1) is 19.8 Å². The van der Waals surface area contributed by atoms with Crippen LogP contribution in [0.4, 0.5) is 0 Å². The number of hydrogen-bond acceptors (Lipinski definition) is 1. The zero-order chi connectivity index (χ0) is 5.33. The molecule has 1 heterocycles. The Labute approximate surface area is 43.1 Å². The van der Waals surface area contributed by atoms with Gasteiger partial charge in [-0.25, -0.2) is 5.11 Å². The first-order chi connectivity index (χ1) is 3.27. The van der Waals surface area contributed by atoms with Gasteiger partial charge in [0.25, 0.3) is 0 Å². The van der Waals surface area contributed by atoms with Crippen molar-refractivity contribution in [3.63, 3.8) is 0 Å². The Morgan fingerprint density at radius 1 is 1.71 bits per heavy atom. The third kappa shape index (κ3) is 0.763. The number of rotatable bonds is 1. The highest BCUT2D eigenvalue weighted by Gasteiger charge is 2.32. The molecule has 0 aliphatic carbocycles. The minimum absolute atomic E-state index is 0.00694. The quantitative estimate of drug-likeness (QED) is 0.471.